The van der Waals surface area contributed by atoms with E-state index in [1.807, 2.05) is 24.3 Å². The fourth-order valence-electron chi connectivity index (χ4n) is 1.13. The number of carbonyl (C=O) groups is 1. The molecule has 0 unspecified atom stereocenters. The molecule has 0 N–H and O–H groups in total. The first-order valence-electron chi connectivity index (χ1n) is 4.44. The lowest BCUT2D eigenvalue weighted by atomic mass is 10.0. The predicted molar refractivity (Wildman–Crippen MR) is 72.0 cm³/mol. The highest BCUT2D eigenvalue weighted by Crippen LogP contribution is 2.12. The maximum atomic E-state index is 11.9. The summed E-state index contributed by atoms with van der Waals surface area (Å²) < 4.78 is 1.11. The highest BCUT2D eigenvalue weighted by molar-refractivity contribution is 14.1. The third kappa shape index (κ3) is 3.16. The van der Waals surface area contributed by atoms with Crippen LogP contribution in [0.5, 0.6) is 0 Å². The minimum atomic E-state index is -0.0266. The molecule has 0 heterocycles. The Morgan fingerprint density at radius 1 is 1.20 bits per heavy atom. The molecular formula is C13H11IO. The van der Waals surface area contributed by atoms with Crippen LogP contribution in [0.15, 0.2) is 61.2 Å². The van der Waals surface area contributed by atoms with Gasteiger partial charge in [0.05, 0.1) is 0 Å². The fraction of sp³-hybridized carbons (Fsp3) is 0. The molecule has 0 bridgehead atoms. The van der Waals surface area contributed by atoms with Gasteiger partial charge in [0.1, 0.15) is 0 Å². The lowest BCUT2D eigenvalue weighted by Crippen LogP contribution is -2.00. The Morgan fingerprint density at radius 2 is 1.80 bits per heavy atom. The van der Waals surface area contributed by atoms with Crippen molar-refractivity contribution >= 4 is 28.4 Å². The van der Waals surface area contributed by atoms with E-state index in [2.05, 4.69) is 35.7 Å². The van der Waals surface area contributed by atoms with Crippen molar-refractivity contribution < 1.29 is 4.79 Å². The number of benzene rings is 1. The summed E-state index contributed by atoms with van der Waals surface area (Å²) in [4.78, 5) is 11.9. The van der Waals surface area contributed by atoms with Gasteiger partial charge in [0, 0.05) is 14.7 Å². The van der Waals surface area contributed by atoms with E-state index in [0.29, 0.717) is 11.1 Å². The van der Waals surface area contributed by atoms with Crippen LogP contribution in [0, 0.1) is 3.57 Å². The number of hydrogen-bond donors (Lipinski definition) is 0. The van der Waals surface area contributed by atoms with Gasteiger partial charge in [-0.05, 0) is 46.9 Å². The molecule has 1 aromatic carbocycles. The van der Waals surface area contributed by atoms with E-state index in [1.54, 1.807) is 18.2 Å². The molecule has 0 saturated carbocycles. The minimum Gasteiger partial charge on any atom is -0.289 e. The summed E-state index contributed by atoms with van der Waals surface area (Å²) >= 11 is 2.20. The smallest absolute Gasteiger partial charge is 0.192 e. The molecule has 1 rings (SSSR count). The van der Waals surface area contributed by atoms with Crippen LogP contribution in [0.25, 0.3) is 0 Å². The normalized spacial score (nSPS) is 10.9. The number of ketones is 1. The van der Waals surface area contributed by atoms with Crippen molar-refractivity contribution in [2.45, 2.75) is 0 Å². The first-order valence-corrected chi connectivity index (χ1v) is 5.52. The van der Waals surface area contributed by atoms with Gasteiger partial charge in [0.25, 0.3) is 0 Å². The average molecular weight is 310 g/mol. The van der Waals surface area contributed by atoms with E-state index >= 15 is 0 Å². The second kappa shape index (κ2) is 5.66. The van der Waals surface area contributed by atoms with Gasteiger partial charge < -0.3 is 0 Å². The third-order valence-electron chi connectivity index (χ3n) is 1.89. The Balaban J connectivity index is 3.03. The van der Waals surface area contributed by atoms with Crippen LogP contribution in [0.2, 0.25) is 0 Å². The zero-order valence-corrected chi connectivity index (χ0v) is 10.4. The zero-order valence-electron chi connectivity index (χ0n) is 8.24. The Kier molecular flexibility index (Phi) is 4.49. The first kappa shape index (κ1) is 11.9. The van der Waals surface area contributed by atoms with Gasteiger partial charge in [0.2, 0.25) is 0 Å². The molecule has 1 aromatic rings. The Hall–Kier alpha value is -1.16. The molecule has 0 aliphatic rings. The summed E-state index contributed by atoms with van der Waals surface area (Å²) in [5.74, 6) is -0.0266. The number of hydrogen-bond acceptors (Lipinski definition) is 1. The number of carbonyl (C=O) groups excluding carboxylic acids is 1. The van der Waals surface area contributed by atoms with Gasteiger partial charge in [-0.15, -0.1) is 0 Å². The van der Waals surface area contributed by atoms with Crippen molar-refractivity contribution in [2.75, 3.05) is 0 Å². The van der Waals surface area contributed by atoms with Crippen molar-refractivity contribution in [1.82, 2.24) is 0 Å². The lowest BCUT2D eigenvalue weighted by molar-refractivity contribution is 0.103. The Morgan fingerprint density at radius 3 is 2.27 bits per heavy atom. The molecule has 0 aromatic heterocycles. The minimum absolute atomic E-state index is 0.0266. The van der Waals surface area contributed by atoms with Gasteiger partial charge >= 0.3 is 0 Å². The van der Waals surface area contributed by atoms with Gasteiger partial charge in [-0.2, -0.15) is 0 Å². The van der Waals surface area contributed by atoms with Crippen LogP contribution in [0.3, 0.4) is 0 Å². The molecule has 1 nitrogen and oxygen atoms in total. The molecule has 0 spiro atoms. The Bertz CT molecular complexity index is 413. The molecule has 15 heavy (non-hydrogen) atoms. The highest BCUT2D eigenvalue weighted by atomic mass is 127. The summed E-state index contributed by atoms with van der Waals surface area (Å²) in [6, 6.07) is 7.43. The molecule has 0 fully saturated rings. The van der Waals surface area contributed by atoms with E-state index in [9.17, 15) is 4.79 Å². The number of Topliss-reactive ketones (excluding diaryl/α,β-unsaturated/α-hetero) is 1. The Labute approximate surface area is 103 Å². The topological polar surface area (TPSA) is 17.1 Å². The second-order valence-electron chi connectivity index (χ2n) is 2.90. The van der Waals surface area contributed by atoms with Gasteiger partial charge in [-0.3, -0.25) is 4.79 Å². The maximum Gasteiger partial charge on any atom is 0.192 e. The summed E-state index contributed by atoms with van der Waals surface area (Å²) in [7, 11) is 0. The highest BCUT2D eigenvalue weighted by Gasteiger charge is 2.07. The monoisotopic (exact) mass is 310 g/mol. The van der Waals surface area contributed by atoms with Crippen LogP contribution < -0.4 is 0 Å². The third-order valence-corrected chi connectivity index (χ3v) is 2.61. The molecule has 0 aliphatic carbocycles. The number of halogens is 1. The van der Waals surface area contributed by atoms with E-state index < -0.39 is 0 Å². The van der Waals surface area contributed by atoms with E-state index in [0.717, 1.165) is 3.57 Å². The molecule has 0 radical (unpaired) electrons. The summed E-state index contributed by atoms with van der Waals surface area (Å²) in [5.41, 5.74) is 1.23. The van der Waals surface area contributed by atoms with Crippen LogP contribution in [0.4, 0.5) is 0 Å². The van der Waals surface area contributed by atoms with Crippen molar-refractivity contribution in [1.29, 1.82) is 0 Å². The summed E-state index contributed by atoms with van der Waals surface area (Å²) in [6.45, 7) is 7.17. The van der Waals surface area contributed by atoms with Gasteiger partial charge in [-0.25, -0.2) is 0 Å². The quantitative estimate of drug-likeness (QED) is 0.358. The maximum absolute atomic E-state index is 11.9. The second-order valence-corrected chi connectivity index (χ2v) is 4.14. The van der Waals surface area contributed by atoms with Crippen molar-refractivity contribution in [3.05, 3.63) is 70.4 Å². The van der Waals surface area contributed by atoms with Crippen molar-refractivity contribution in [2.24, 2.45) is 0 Å². The van der Waals surface area contributed by atoms with Crippen LogP contribution in [0.1, 0.15) is 10.4 Å². The number of allylic oxidation sites excluding steroid dienone is 4. The molecular weight excluding hydrogens is 299 g/mol. The summed E-state index contributed by atoms with van der Waals surface area (Å²) in [5, 5.41) is 0. The molecule has 76 valence electrons. The lowest BCUT2D eigenvalue weighted by Gasteiger charge is -2.00. The predicted octanol–water partition coefficient (Wildman–Crippen LogP) is 3.77. The average Bonchev–Trinajstić information content (AvgIpc) is 2.26. The molecule has 0 aliphatic heterocycles. The van der Waals surface area contributed by atoms with Gasteiger partial charge in [-0.1, -0.05) is 31.4 Å². The van der Waals surface area contributed by atoms with Crippen LogP contribution in [-0.4, -0.2) is 5.78 Å². The first-order chi connectivity index (χ1) is 7.19. The van der Waals surface area contributed by atoms with Crippen LogP contribution >= 0.6 is 22.6 Å². The van der Waals surface area contributed by atoms with Crippen molar-refractivity contribution in [3.63, 3.8) is 0 Å². The molecule has 0 saturated heterocycles. The SMILES string of the molecule is C=C/C=C(\C=C)C(=O)c1ccc(I)cc1. The van der Waals surface area contributed by atoms with Crippen molar-refractivity contribution in [3.8, 4) is 0 Å². The van der Waals surface area contributed by atoms with E-state index in [1.165, 1.54) is 0 Å². The van der Waals surface area contributed by atoms with Crippen LogP contribution in [-0.2, 0) is 0 Å². The fourth-order valence-corrected chi connectivity index (χ4v) is 1.49. The standard InChI is InChI=1S/C13H11IO/c1-3-5-10(4-2)13(15)11-6-8-12(14)9-7-11/h3-9H,1-2H2/b10-5+. The largest absolute Gasteiger partial charge is 0.289 e. The summed E-state index contributed by atoms with van der Waals surface area (Å²) in [6.07, 6.45) is 4.79. The molecule has 0 atom stereocenters. The molecule has 2 heteroatoms. The number of rotatable bonds is 4. The molecule has 0 amide bonds. The zero-order chi connectivity index (χ0) is 11.3. The van der Waals surface area contributed by atoms with E-state index in [-0.39, 0.29) is 5.78 Å². The van der Waals surface area contributed by atoms with Gasteiger partial charge in [0.15, 0.2) is 5.78 Å². The van der Waals surface area contributed by atoms with E-state index in [4.69, 9.17) is 0 Å².